The monoisotopic (exact) mass is 432 g/mol. The Bertz CT molecular complexity index is 1250. The lowest BCUT2D eigenvalue weighted by Crippen LogP contribution is -2.26. The average molecular weight is 432 g/mol. The number of hydrogen-bond donors (Lipinski definition) is 1. The van der Waals surface area contributed by atoms with Crippen molar-refractivity contribution in [3.05, 3.63) is 32.7 Å². The molecule has 0 saturated heterocycles. The Morgan fingerprint density at radius 1 is 0.968 bits per heavy atom. The van der Waals surface area contributed by atoms with Crippen molar-refractivity contribution in [1.82, 2.24) is 20.0 Å². The second kappa shape index (κ2) is 8.62. The van der Waals surface area contributed by atoms with Crippen molar-refractivity contribution < 1.29 is 23.7 Å². The van der Waals surface area contributed by atoms with Crippen molar-refractivity contribution >= 4 is 28.1 Å². The molecule has 1 aromatic carbocycles. The van der Waals surface area contributed by atoms with Gasteiger partial charge in [0, 0.05) is 12.0 Å². The first-order valence-electron chi connectivity index (χ1n) is 9.62. The highest BCUT2D eigenvalue weighted by molar-refractivity contribution is 5.88. The lowest BCUT2D eigenvalue weighted by molar-refractivity contribution is -0.0463. The standard InChI is InChI=1S/C20H24N4O7/c1-9(2)19(31-20(27)30-10(3)4)24-22-15-16(23-24)18(26)21-12-8-14(29-6)13(28-5)7-11(12)17(15)25/h7-10,19H,1-6H3,(H,21,26). The van der Waals surface area contributed by atoms with Gasteiger partial charge in [-0.3, -0.25) is 9.59 Å². The highest BCUT2D eigenvalue weighted by Crippen LogP contribution is 2.30. The molecule has 0 amide bonds. The Hall–Kier alpha value is -3.63. The molecule has 0 bridgehead atoms. The van der Waals surface area contributed by atoms with Crippen molar-refractivity contribution in [2.24, 2.45) is 5.92 Å². The quantitative estimate of drug-likeness (QED) is 0.582. The Balaban J connectivity index is 2.21. The molecule has 2 aromatic heterocycles. The molecule has 0 spiro atoms. The van der Waals surface area contributed by atoms with E-state index in [0.29, 0.717) is 11.5 Å². The van der Waals surface area contributed by atoms with Crippen LogP contribution in [0.15, 0.2) is 21.7 Å². The zero-order valence-electron chi connectivity index (χ0n) is 18.1. The van der Waals surface area contributed by atoms with E-state index in [0.717, 1.165) is 4.80 Å². The van der Waals surface area contributed by atoms with E-state index in [2.05, 4.69) is 15.2 Å². The molecular weight excluding hydrogens is 408 g/mol. The molecule has 31 heavy (non-hydrogen) atoms. The number of H-pyrrole nitrogens is 1. The number of ether oxygens (including phenoxy) is 4. The largest absolute Gasteiger partial charge is 0.510 e. The van der Waals surface area contributed by atoms with Crippen LogP contribution in [0.4, 0.5) is 4.79 Å². The highest BCUT2D eigenvalue weighted by atomic mass is 16.7. The van der Waals surface area contributed by atoms with Gasteiger partial charge in [-0.2, -0.15) is 0 Å². The van der Waals surface area contributed by atoms with E-state index in [1.807, 2.05) is 0 Å². The second-order valence-corrected chi connectivity index (χ2v) is 7.42. The molecule has 0 aliphatic heterocycles. The number of carbonyl (C=O) groups is 1. The molecule has 0 aliphatic rings. The first-order valence-corrected chi connectivity index (χ1v) is 9.62. The Labute approximate surface area is 176 Å². The Kier molecular flexibility index (Phi) is 6.14. The van der Waals surface area contributed by atoms with Gasteiger partial charge >= 0.3 is 6.16 Å². The predicted molar refractivity (Wildman–Crippen MR) is 112 cm³/mol. The number of aromatic nitrogens is 4. The summed E-state index contributed by atoms with van der Waals surface area (Å²) in [5, 5.41) is 8.49. The van der Waals surface area contributed by atoms with Crippen molar-refractivity contribution in [2.75, 3.05) is 14.2 Å². The van der Waals surface area contributed by atoms with E-state index in [9.17, 15) is 14.4 Å². The van der Waals surface area contributed by atoms with Crippen LogP contribution < -0.4 is 20.5 Å². The minimum Gasteiger partial charge on any atom is -0.493 e. The van der Waals surface area contributed by atoms with E-state index in [1.54, 1.807) is 27.7 Å². The normalized spacial score (nSPS) is 12.4. The van der Waals surface area contributed by atoms with Gasteiger partial charge in [0.05, 0.1) is 31.2 Å². The number of nitrogens with zero attached hydrogens (tertiary/aromatic N) is 3. The number of fused-ring (bicyclic) bond motifs is 2. The van der Waals surface area contributed by atoms with Crippen LogP contribution in [0.2, 0.25) is 0 Å². The number of aromatic amines is 1. The van der Waals surface area contributed by atoms with Crippen LogP contribution >= 0.6 is 0 Å². The minimum absolute atomic E-state index is 0.165. The zero-order valence-corrected chi connectivity index (χ0v) is 18.1. The third-order valence-electron chi connectivity index (χ3n) is 4.42. The van der Waals surface area contributed by atoms with Gasteiger partial charge in [0.25, 0.3) is 5.56 Å². The number of benzene rings is 1. The van der Waals surface area contributed by atoms with Gasteiger partial charge in [-0.15, -0.1) is 15.0 Å². The smallest absolute Gasteiger partial charge is 0.493 e. The third-order valence-corrected chi connectivity index (χ3v) is 4.42. The molecule has 1 unspecified atom stereocenters. The summed E-state index contributed by atoms with van der Waals surface area (Å²) in [5.41, 5.74) is -1.28. The maximum absolute atomic E-state index is 13.2. The molecule has 3 rings (SSSR count). The molecule has 0 radical (unpaired) electrons. The third kappa shape index (κ3) is 4.30. The SMILES string of the molecule is COc1cc2[nH]c(=O)c3nn(C(OC(=O)OC(C)C)C(C)C)nc3c(=O)c2cc1OC. The van der Waals surface area contributed by atoms with Crippen LogP contribution in [0.1, 0.15) is 33.9 Å². The molecule has 1 atom stereocenters. The fourth-order valence-corrected chi connectivity index (χ4v) is 2.99. The van der Waals surface area contributed by atoms with Crippen LogP contribution in [-0.2, 0) is 9.47 Å². The van der Waals surface area contributed by atoms with Crippen LogP contribution in [0.25, 0.3) is 21.9 Å². The lowest BCUT2D eigenvalue weighted by atomic mass is 10.2. The van der Waals surface area contributed by atoms with E-state index in [-0.39, 0.29) is 34.0 Å². The van der Waals surface area contributed by atoms with E-state index in [4.69, 9.17) is 18.9 Å². The van der Waals surface area contributed by atoms with Crippen LogP contribution in [-0.4, -0.2) is 46.5 Å². The minimum atomic E-state index is -0.983. The van der Waals surface area contributed by atoms with Crippen molar-refractivity contribution in [1.29, 1.82) is 0 Å². The fraction of sp³-hybridized carbons (Fsp3) is 0.450. The van der Waals surface area contributed by atoms with Gasteiger partial charge in [-0.1, -0.05) is 13.8 Å². The summed E-state index contributed by atoms with van der Waals surface area (Å²) in [6, 6.07) is 2.95. The highest BCUT2D eigenvalue weighted by Gasteiger charge is 2.26. The summed E-state index contributed by atoms with van der Waals surface area (Å²) in [6.45, 7) is 6.92. The molecule has 2 heterocycles. The van der Waals surface area contributed by atoms with Gasteiger partial charge in [0.15, 0.2) is 22.5 Å². The van der Waals surface area contributed by atoms with E-state index < -0.39 is 23.4 Å². The fourth-order valence-electron chi connectivity index (χ4n) is 2.99. The topological polar surface area (TPSA) is 135 Å². The summed E-state index contributed by atoms with van der Waals surface area (Å²) in [4.78, 5) is 41.6. The number of hydrogen-bond acceptors (Lipinski definition) is 9. The Morgan fingerprint density at radius 3 is 2.16 bits per heavy atom. The molecule has 166 valence electrons. The van der Waals surface area contributed by atoms with E-state index in [1.165, 1.54) is 26.4 Å². The van der Waals surface area contributed by atoms with Crippen molar-refractivity contribution in [3.8, 4) is 11.5 Å². The molecule has 0 aliphatic carbocycles. The summed E-state index contributed by atoms with van der Waals surface area (Å²) in [5.74, 6) is 0.397. The maximum Gasteiger partial charge on any atom is 0.510 e. The number of rotatable bonds is 6. The summed E-state index contributed by atoms with van der Waals surface area (Å²) in [6.07, 6.45) is -2.26. The first-order chi connectivity index (χ1) is 14.7. The predicted octanol–water partition coefficient (Wildman–Crippen LogP) is 2.37. The van der Waals surface area contributed by atoms with Crippen molar-refractivity contribution in [2.45, 2.75) is 40.0 Å². The summed E-state index contributed by atoms with van der Waals surface area (Å²) >= 11 is 0. The molecule has 1 N–H and O–H groups in total. The van der Waals surface area contributed by atoms with Crippen molar-refractivity contribution in [3.63, 3.8) is 0 Å². The van der Waals surface area contributed by atoms with E-state index >= 15 is 0 Å². The maximum atomic E-state index is 13.2. The second-order valence-electron chi connectivity index (χ2n) is 7.42. The Morgan fingerprint density at radius 2 is 1.58 bits per heavy atom. The molecule has 0 fully saturated rings. The molecule has 0 saturated carbocycles. The van der Waals surface area contributed by atoms with Gasteiger partial charge in [0.2, 0.25) is 11.7 Å². The summed E-state index contributed by atoms with van der Waals surface area (Å²) in [7, 11) is 2.88. The first kappa shape index (κ1) is 22.1. The van der Waals surface area contributed by atoms with Gasteiger partial charge in [-0.25, -0.2) is 4.79 Å². The lowest BCUT2D eigenvalue weighted by Gasteiger charge is -2.20. The number of carbonyl (C=O) groups excluding carboxylic acids is 1. The zero-order chi connectivity index (χ0) is 22.9. The van der Waals surface area contributed by atoms with Crippen LogP contribution in [0.5, 0.6) is 11.5 Å². The molecular formula is C20H24N4O7. The number of methoxy groups -OCH3 is 2. The molecule has 3 aromatic rings. The van der Waals surface area contributed by atoms with Gasteiger partial charge in [-0.05, 0) is 19.9 Å². The van der Waals surface area contributed by atoms with Gasteiger partial charge in [0.1, 0.15) is 0 Å². The van der Waals surface area contributed by atoms with Gasteiger partial charge < -0.3 is 23.9 Å². The molecule has 11 nitrogen and oxygen atoms in total. The van der Waals surface area contributed by atoms with Crippen LogP contribution in [0, 0.1) is 5.92 Å². The van der Waals surface area contributed by atoms with Crippen LogP contribution in [0.3, 0.4) is 0 Å². The average Bonchev–Trinajstić information content (AvgIpc) is 3.12. The number of nitrogens with one attached hydrogen (secondary N) is 1. The molecule has 11 heteroatoms. The summed E-state index contributed by atoms with van der Waals surface area (Å²) < 4.78 is 20.8.